The molecule has 4 N–H and O–H groups in total. The van der Waals surface area contributed by atoms with Gasteiger partial charge in [-0.1, -0.05) is 15.9 Å². The zero-order valence-electron chi connectivity index (χ0n) is 16.0. The SMILES string of the molecule is CNC.O=Cc1cc(Nc2ccc3nc(Nc4ccc(Br)cc4)[nH]c3c2)ccn1. The molecule has 0 saturated heterocycles. The topological polar surface area (TPSA) is 94.7 Å². The molecule has 0 fully saturated rings. The third-order valence-corrected chi connectivity index (χ3v) is 4.31. The van der Waals surface area contributed by atoms with E-state index in [4.69, 9.17) is 0 Å². The lowest BCUT2D eigenvalue weighted by Crippen LogP contribution is -1.93. The fourth-order valence-electron chi connectivity index (χ4n) is 2.57. The molecule has 29 heavy (non-hydrogen) atoms. The predicted octanol–water partition coefficient (Wildman–Crippen LogP) is 4.86. The van der Waals surface area contributed by atoms with Gasteiger partial charge < -0.3 is 20.9 Å². The van der Waals surface area contributed by atoms with Gasteiger partial charge in [-0.05, 0) is 68.7 Å². The fourth-order valence-corrected chi connectivity index (χ4v) is 2.84. The van der Waals surface area contributed by atoms with E-state index in [1.54, 1.807) is 12.3 Å². The molecule has 0 radical (unpaired) electrons. The number of carbonyl (C=O) groups is 1. The van der Waals surface area contributed by atoms with E-state index in [-0.39, 0.29) is 0 Å². The van der Waals surface area contributed by atoms with Gasteiger partial charge in [-0.2, -0.15) is 0 Å². The van der Waals surface area contributed by atoms with E-state index in [0.717, 1.165) is 38.9 Å². The molecule has 4 rings (SSSR count). The first-order valence-corrected chi connectivity index (χ1v) is 9.69. The molecule has 0 atom stereocenters. The molecule has 4 aromatic rings. The predicted molar refractivity (Wildman–Crippen MR) is 121 cm³/mol. The minimum atomic E-state index is 0.388. The van der Waals surface area contributed by atoms with Crippen LogP contribution < -0.4 is 16.0 Å². The Bertz CT molecular complexity index is 1090. The summed E-state index contributed by atoms with van der Waals surface area (Å²) in [6.07, 6.45) is 2.32. The van der Waals surface area contributed by atoms with Gasteiger partial charge in [0, 0.05) is 27.7 Å². The number of carbonyl (C=O) groups excluding carboxylic acids is 1. The number of anilines is 4. The van der Waals surface area contributed by atoms with E-state index in [1.807, 2.05) is 62.6 Å². The average molecular weight is 453 g/mol. The number of hydrogen-bond acceptors (Lipinski definition) is 6. The maximum Gasteiger partial charge on any atom is 0.205 e. The number of benzene rings is 2. The van der Waals surface area contributed by atoms with Crippen LogP contribution in [0.1, 0.15) is 10.5 Å². The van der Waals surface area contributed by atoms with Crippen LogP contribution >= 0.6 is 15.9 Å². The van der Waals surface area contributed by atoms with Gasteiger partial charge in [-0.15, -0.1) is 0 Å². The summed E-state index contributed by atoms with van der Waals surface area (Å²) in [5.41, 5.74) is 4.79. The second-order valence-electron chi connectivity index (χ2n) is 6.16. The first kappa shape index (κ1) is 20.5. The summed E-state index contributed by atoms with van der Waals surface area (Å²) < 4.78 is 1.03. The Balaban J connectivity index is 0.000000755. The van der Waals surface area contributed by atoms with Gasteiger partial charge in [-0.3, -0.25) is 9.78 Å². The maximum atomic E-state index is 10.8. The van der Waals surface area contributed by atoms with Crippen LogP contribution in [0.25, 0.3) is 11.0 Å². The van der Waals surface area contributed by atoms with Gasteiger partial charge in [0.1, 0.15) is 5.69 Å². The number of H-pyrrole nitrogens is 1. The van der Waals surface area contributed by atoms with Crippen LogP contribution in [0.3, 0.4) is 0 Å². The summed E-state index contributed by atoms with van der Waals surface area (Å²) in [4.78, 5) is 22.6. The molecule has 0 spiro atoms. The highest BCUT2D eigenvalue weighted by atomic mass is 79.9. The van der Waals surface area contributed by atoms with Gasteiger partial charge in [0.25, 0.3) is 0 Å². The third kappa shape index (κ3) is 5.63. The molecule has 0 amide bonds. The van der Waals surface area contributed by atoms with Crippen molar-refractivity contribution in [3.8, 4) is 0 Å². The largest absolute Gasteiger partial charge is 0.355 e. The van der Waals surface area contributed by atoms with Gasteiger partial charge in [0.05, 0.1) is 11.0 Å². The van der Waals surface area contributed by atoms with Crippen molar-refractivity contribution in [3.63, 3.8) is 0 Å². The van der Waals surface area contributed by atoms with Crippen molar-refractivity contribution in [1.82, 2.24) is 20.3 Å². The van der Waals surface area contributed by atoms with Crippen LogP contribution in [0.5, 0.6) is 0 Å². The Morgan fingerprint density at radius 1 is 0.931 bits per heavy atom. The van der Waals surface area contributed by atoms with Crippen LogP contribution in [-0.4, -0.2) is 35.3 Å². The average Bonchev–Trinajstić information content (AvgIpc) is 3.12. The van der Waals surface area contributed by atoms with Crippen LogP contribution in [0.15, 0.2) is 65.3 Å². The molecular weight excluding hydrogens is 432 g/mol. The number of nitrogens with one attached hydrogen (secondary N) is 4. The minimum Gasteiger partial charge on any atom is -0.355 e. The molecule has 0 unspecified atom stereocenters. The van der Waals surface area contributed by atoms with E-state index >= 15 is 0 Å². The van der Waals surface area contributed by atoms with Crippen molar-refractivity contribution in [2.75, 3.05) is 24.7 Å². The number of nitrogens with zero attached hydrogens (tertiary/aromatic N) is 2. The summed E-state index contributed by atoms with van der Waals surface area (Å²) >= 11 is 3.42. The summed E-state index contributed by atoms with van der Waals surface area (Å²) in [5, 5.41) is 9.26. The molecule has 0 aliphatic heterocycles. The molecule has 0 saturated carbocycles. The molecule has 0 aliphatic rings. The summed E-state index contributed by atoms with van der Waals surface area (Å²) in [6, 6.07) is 17.2. The van der Waals surface area contributed by atoms with Crippen molar-refractivity contribution < 1.29 is 4.79 Å². The van der Waals surface area contributed by atoms with Crippen molar-refractivity contribution in [2.45, 2.75) is 0 Å². The highest BCUT2D eigenvalue weighted by molar-refractivity contribution is 9.10. The number of rotatable bonds is 5. The lowest BCUT2D eigenvalue weighted by Gasteiger charge is -2.06. The monoisotopic (exact) mass is 452 g/mol. The van der Waals surface area contributed by atoms with E-state index in [1.165, 1.54) is 0 Å². The summed E-state index contributed by atoms with van der Waals surface area (Å²) in [5.74, 6) is 0.673. The Labute approximate surface area is 177 Å². The molecule has 7 nitrogen and oxygen atoms in total. The number of halogens is 1. The summed E-state index contributed by atoms with van der Waals surface area (Å²) in [7, 11) is 3.75. The molecule has 148 valence electrons. The molecule has 8 heteroatoms. The number of aromatic amines is 1. The van der Waals surface area contributed by atoms with Crippen LogP contribution in [0.2, 0.25) is 0 Å². The summed E-state index contributed by atoms with van der Waals surface area (Å²) in [6.45, 7) is 0. The Hall–Kier alpha value is -3.23. The Morgan fingerprint density at radius 2 is 1.62 bits per heavy atom. The molecular formula is C21H21BrN6O. The van der Waals surface area contributed by atoms with Crippen LogP contribution in [0.4, 0.5) is 23.0 Å². The Morgan fingerprint density at radius 3 is 2.34 bits per heavy atom. The van der Waals surface area contributed by atoms with Gasteiger partial charge in [0.15, 0.2) is 6.29 Å². The smallest absolute Gasteiger partial charge is 0.205 e. The number of hydrogen-bond donors (Lipinski definition) is 4. The zero-order valence-corrected chi connectivity index (χ0v) is 17.6. The number of imidazole rings is 1. The number of aromatic nitrogens is 3. The van der Waals surface area contributed by atoms with Gasteiger partial charge in [-0.25, -0.2) is 4.98 Å². The standard InChI is InChI=1S/C19H14BrN5O.C2H7N/c20-12-1-3-13(4-2-12)23-19-24-17-6-5-14(10-18(17)25-19)22-15-7-8-21-16(9-15)11-26;1-3-2/h1-11H,(H,21,22)(H2,23,24,25);3H,1-2H3. The molecule has 2 aromatic carbocycles. The van der Waals surface area contributed by atoms with Crippen molar-refractivity contribution in [1.29, 1.82) is 0 Å². The Kier molecular flexibility index (Phi) is 6.94. The third-order valence-electron chi connectivity index (χ3n) is 3.78. The van der Waals surface area contributed by atoms with E-state index in [0.29, 0.717) is 11.6 Å². The molecule has 2 heterocycles. The fraction of sp³-hybridized carbons (Fsp3) is 0.0952. The highest BCUT2D eigenvalue weighted by Crippen LogP contribution is 2.24. The van der Waals surface area contributed by atoms with Crippen LogP contribution in [0, 0.1) is 0 Å². The van der Waals surface area contributed by atoms with Crippen molar-refractivity contribution in [3.05, 3.63) is 71.0 Å². The molecule has 2 aromatic heterocycles. The molecule has 0 aliphatic carbocycles. The zero-order chi connectivity index (χ0) is 20.6. The molecule has 0 bridgehead atoms. The first-order chi connectivity index (χ1) is 14.1. The van der Waals surface area contributed by atoms with E-state index in [2.05, 4.69) is 46.8 Å². The van der Waals surface area contributed by atoms with Gasteiger partial charge in [0.2, 0.25) is 5.95 Å². The lowest BCUT2D eigenvalue weighted by molar-refractivity contribution is 0.111. The maximum absolute atomic E-state index is 10.8. The second-order valence-corrected chi connectivity index (χ2v) is 7.08. The van der Waals surface area contributed by atoms with E-state index in [9.17, 15) is 4.79 Å². The number of aldehydes is 1. The van der Waals surface area contributed by atoms with E-state index < -0.39 is 0 Å². The number of fused-ring (bicyclic) bond motifs is 1. The first-order valence-electron chi connectivity index (χ1n) is 8.90. The normalized spacial score (nSPS) is 10.2. The second kappa shape index (κ2) is 9.81. The van der Waals surface area contributed by atoms with Gasteiger partial charge >= 0.3 is 0 Å². The highest BCUT2D eigenvalue weighted by Gasteiger charge is 2.05. The van der Waals surface area contributed by atoms with Crippen LogP contribution in [-0.2, 0) is 0 Å². The minimum absolute atomic E-state index is 0.388. The van der Waals surface area contributed by atoms with Crippen molar-refractivity contribution in [2.24, 2.45) is 0 Å². The van der Waals surface area contributed by atoms with Crippen molar-refractivity contribution >= 4 is 56.3 Å². The quantitative estimate of drug-likeness (QED) is 0.323. The number of pyridine rings is 1. The lowest BCUT2D eigenvalue weighted by atomic mass is 10.2.